The Kier molecular flexibility index (Phi) is 6.82. The second kappa shape index (κ2) is 9.57. The lowest BCUT2D eigenvalue weighted by molar-refractivity contribution is -0.122. The Hall–Kier alpha value is -2.12. The van der Waals surface area contributed by atoms with Gasteiger partial charge in [0.1, 0.15) is 11.6 Å². The summed E-state index contributed by atoms with van der Waals surface area (Å²) in [7, 11) is 0. The predicted molar refractivity (Wildman–Crippen MR) is 121 cm³/mol. The van der Waals surface area contributed by atoms with E-state index in [0.717, 1.165) is 10.2 Å². The number of rotatable bonds is 6. The quantitative estimate of drug-likeness (QED) is 0.669. The van der Waals surface area contributed by atoms with Crippen LogP contribution in [0.1, 0.15) is 57.1 Å². The van der Waals surface area contributed by atoms with E-state index in [1.54, 1.807) is 18.5 Å². The molecule has 0 saturated heterocycles. The summed E-state index contributed by atoms with van der Waals surface area (Å²) in [6.07, 6.45) is 12.1. The van der Waals surface area contributed by atoms with Gasteiger partial charge in [-0.3, -0.25) is 14.6 Å². The Labute approximate surface area is 191 Å². The molecule has 2 heterocycles. The average Bonchev–Trinajstić information content (AvgIpc) is 2.73. The number of anilines is 1. The van der Waals surface area contributed by atoms with Gasteiger partial charge in [-0.05, 0) is 56.1 Å². The third kappa shape index (κ3) is 4.88. The molecule has 2 aromatic rings. The van der Waals surface area contributed by atoms with Crippen LogP contribution in [0.3, 0.4) is 0 Å². The molecule has 1 amide bonds. The number of nitrogens with zero attached hydrogens (tertiary/aromatic N) is 3. The standard InChI is InChI=1S/C22H27Cl2N5O2/c1-13(16-8-9-25-10-17(16)23)27-19(30)12-29-22(31)20(24)18(11-26-29)28-21-14-4-2-5-15(21)7-3-6-14/h8-11,13-15,21,28H,2-7,12H2,1H3,(H,27,30). The number of amides is 1. The monoisotopic (exact) mass is 463 g/mol. The number of carbonyl (C=O) groups is 1. The average molecular weight is 464 g/mol. The molecule has 2 aliphatic rings. The van der Waals surface area contributed by atoms with Gasteiger partial charge in [0.25, 0.3) is 5.56 Å². The van der Waals surface area contributed by atoms with E-state index in [2.05, 4.69) is 20.7 Å². The first-order valence-electron chi connectivity index (χ1n) is 10.8. The first-order valence-corrected chi connectivity index (χ1v) is 11.6. The highest BCUT2D eigenvalue weighted by molar-refractivity contribution is 6.33. The Morgan fingerprint density at radius 1 is 1.19 bits per heavy atom. The lowest BCUT2D eigenvalue weighted by Gasteiger charge is -2.43. The molecule has 2 bridgehead atoms. The fourth-order valence-corrected chi connectivity index (χ4v) is 5.49. The fraction of sp³-hybridized carbons (Fsp3) is 0.545. The van der Waals surface area contributed by atoms with Crippen molar-refractivity contribution in [3.8, 4) is 0 Å². The maximum Gasteiger partial charge on any atom is 0.288 e. The Balaban J connectivity index is 1.43. The van der Waals surface area contributed by atoms with E-state index in [0.29, 0.717) is 28.6 Å². The molecule has 0 spiro atoms. The van der Waals surface area contributed by atoms with E-state index in [9.17, 15) is 9.59 Å². The van der Waals surface area contributed by atoms with Gasteiger partial charge in [-0.1, -0.05) is 36.0 Å². The van der Waals surface area contributed by atoms with Gasteiger partial charge in [-0.15, -0.1) is 0 Å². The summed E-state index contributed by atoms with van der Waals surface area (Å²) in [5.74, 6) is 0.894. The zero-order valence-corrected chi connectivity index (χ0v) is 19.0. The Morgan fingerprint density at radius 3 is 2.52 bits per heavy atom. The summed E-state index contributed by atoms with van der Waals surface area (Å²) in [4.78, 5) is 29.2. The Morgan fingerprint density at radius 2 is 1.87 bits per heavy atom. The predicted octanol–water partition coefficient (Wildman–Crippen LogP) is 4.20. The molecule has 9 heteroatoms. The molecule has 7 nitrogen and oxygen atoms in total. The van der Waals surface area contributed by atoms with Gasteiger partial charge in [0.2, 0.25) is 5.91 Å². The van der Waals surface area contributed by atoms with Crippen molar-refractivity contribution in [2.45, 2.75) is 64.1 Å². The number of aromatic nitrogens is 3. The second-order valence-electron chi connectivity index (χ2n) is 8.57. The van der Waals surface area contributed by atoms with Gasteiger partial charge < -0.3 is 10.6 Å². The van der Waals surface area contributed by atoms with Crippen molar-refractivity contribution in [1.82, 2.24) is 20.1 Å². The van der Waals surface area contributed by atoms with Gasteiger partial charge in [-0.25, -0.2) is 4.68 Å². The molecule has 166 valence electrons. The molecule has 0 radical (unpaired) electrons. The van der Waals surface area contributed by atoms with E-state index in [1.165, 1.54) is 44.7 Å². The van der Waals surface area contributed by atoms with Gasteiger partial charge >= 0.3 is 0 Å². The maximum atomic E-state index is 12.7. The topological polar surface area (TPSA) is 88.9 Å². The molecule has 2 fully saturated rings. The van der Waals surface area contributed by atoms with Crippen molar-refractivity contribution < 1.29 is 4.79 Å². The number of halogens is 2. The molecule has 2 N–H and O–H groups in total. The maximum absolute atomic E-state index is 12.7. The molecule has 1 atom stereocenters. The summed E-state index contributed by atoms with van der Waals surface area (Å²) < 4.78 is 1.09. The van der Waals surface area contributed by atoms with E-state index >= 15 is 0 Å². The molecule has 31 heavy (non-hydrogen) atoms. The van der Waals surface area contributed by atoms with Crippen molar-refractivity contribution in [2.24, 2.45) is 11.8 Å². The second-order valence-corrected chi connectivity index (χ2v) is 9.36. The number of nitrogens with one attached hydrogen (secondary N) is 2. The fourth-order valence-electron chi connectivity index (χ4n) is 5.01. The van der Waals surface area contributed by atoms with E-state index < -0.39 is 5.56 Å². The zero-order chi connectivity index (χ0) is 22.0. The number of hydrogen-bond donors (Lipinski definition) is 2. The molecule has 2 aliphatic carbocycles. The van der Waals surface area contributed by atoms with Crippen LogP contribution in [0.25, 0.3) is 0 Å². The summed E-state index contributed by atoms with van der Waals surface area (Å²) >= 11 is 12.5. The van der Waals surface area contributed by atoms with E-state index in [1.807, 2.05) is 6.92 Å². The molecule has 2 aromatic heterocycles. The van der Waals surface area contributed by atoms with Crippen LogP contribution in [0.2, 0.25) is 10.0 Å². The molecule has 4 rings (SSSR count). The van der Waals surface area contributed by atoms with Crippen molar-refractivity contribution in [1.29, 1.82) is 0 Å². The number of pyridine rings is 1. The highest BCUT2D eigenvalue weighted by Crippen LogP contribution is 2.41. The minimum absolute atomic E-state index is 0.0803. The van der Waals surface area contributed by atoms with E-state index in [4.69, 9.17) is 23.2 Å². The van der Waals surface area contributed by atoms with E-state index in [-0.39, 0.29) is 23.5 Å². The highest BCUT2D eigenvalue weighted by atomic mass is 35.5. The van der Waals surface area contributed by atoms with Crippen LogP contribution >= 0.6 is 23.2 Å². The van der Waals surface area contributed by atoms with Crippen molar-refractivity contribution in [2.75, 3.05) is 5.32 Å². The van der Waals surface area contributed by atoms with Crippen LogP contribution in [0.5, 0.6) is 0 Å². The van der Waals surface area contributed by atoms with Gasteiger partial charge in [-0.2, -0.15) is 5.10 Å². The number of hydrogen-bond acceptors (Lipinski definition) is 5. The smallest absolute Gasteiger partial charge is 0.288 e. The van der Waals surface area contributed by atoms with Crippen molar-refractivity contribution in [3.63, 3.8) is 0 Å². The Bertz CT molecular complexity index is 990. The number of fused-ring (bicyclic) bond motifs is 2. The van der Waals surface area contributed by atoms with Crippen LogP contribution in [0.15, 0.2) is 29.5 Å². The van der Waals surface area contributed by atoms with Crippen LogP contribution in [-0.4, -0.2) is 26.7 Å². The van der Waals surface area contributed by atoms with Crippen molar-refractivity contribution >= 4 is 34.8 Å². The SMILES string of the molecule is CC(NC(=O)Cn1ncc(NC2C3CCCC2CCC3)c(Cl)c1=O)c1ccncc1Cl. The van der Waals surface area contributed by atoms with Crippen LogP contribution < -0.4 is 16.2 Å². The number of carbonyl (C=O) groups excluding carboxylic acids is 1. The minimum Gasteiger partial charge on any atom is -0.379 e. The normalized spacial score (nSPS) is 23.8. The van der Waals surface area contributed by atoms with Gasteiger partial charge in [0.05, 0.1) is 22.9 Å². The van der Waals surface area contributed by atoms with Crippen LogP contribution in [0, 0.1) is 11.8 Å². The molecule has 0 aromatic carbocycles. The van der Waals surface area contributed by atoms with Crippen molar-refractivity contribution in [3.05, 3.63) is 50.6 Å². The first-order chi connectivity index (χ1) is 14.9. The molecular weight excluding hydrogens is 437 g/mol. The third-order valence-electron chi connectivity index (χ3n) is 6.56. The van der Waals surface area contributed by atoms with Crippen LogP contribution in [-0.2, 0) is 11.3 Å². The summed E-state index contributed by atoms with van der Waals surface area (Å²) in [5.41, 5.74) is 0.836. The minimum atomic E-state index is -0.475. The third-order valence-corrected chi connectivity index (χ3v) is 7.24. The summed E-state index contributed by atoms with van der Waals surface area (Å²) in [5, 5.41) is 11.1. The zero-order valence-electron chi connectivity index (χ0n) is 17.5. The molecule has 0 aliphatic heterocycles. The molecule has 2 saturated carbocycles. The molecule has 1 unspecified atom stereocenters. The largest absolute Gasteiger partial charge is 0.379 e. The lowest BCUT2D eigenvalue weighted by atomic mass is 9.68. The van der Waals surface area contributed by atoms with Gasteiger partial charge in [0, 0.05) is 18.4 Å². The highest BCUT2D eigenvalue weighted by Gasteiger charge is 2.36. The molecular formula is C22H27Cl2N5O2. The summed E-state index contributed by atoms with van der Waals surface area (Å²) in [6, 6.07) is 1.75. The van der Waals surface area contributed by atoms with Crippen LogP contribution in [0.4, 0.5) is 5.69 Å². The first kappa shape index (κ1) is 22.1. The van der Waals surface area contributed by atoms with Gasteiger partial charge in [0.15, 0.2) is 0 Å². The lowest BCUT2D eigenvalue weighted by Crippen LogP contribution is -2.43. The summed E-state index contributed by atoms with van der Waals surface area (Å²) in [6.45, 7) is 1.59.